The van der Waals surface area contributed by atoms with E-state index in [1.807, 2.05) is 17.5 Å². The lowest BCUT2D eigenvalue weighted by molar-refractivity contribution is -0.119. The van der Waals surface area contributed by atoms with Crippen molar-refractivity contribution in [3.8, 4) is 6.07 Å². The van der Waals surface area contributed by atoms with Gasteiger partial charge in [0.25, 0.3) is 0 Å². The van der Waals surface area contributed by atoms with Crippen molar-refractivity contribution in [3.05, 3.63) is 52.2 Å². The maximum atomic E-state index is 12.3. The Labute approximate surface area is 115 Å². The smallest absolute Gasteiger partial charge is 0.249 e. The number of nitrogens with zero attached hydrogens (tertiary/aromatic N) is 2. The van der Waals surface area contributed by atoms with E-state index < -0.39 is 6.04 Å². The average Bonchev–Trinajstić information content (AvgIpc) is 2.99. The van der Waals surface area contributed by atoms with Crippen molar-refractivity contribution in [2.75, 3.05) is 11.9 Å². The van der Waals surface area contributed by atoms with E-state index in [4.69, 9.17) is 11.0 Å². The molecule has 2 aromatic rings. The molecule has 96 valence electrons. The van der Waals surface area contributed by atoms with Crippen LogP contribution in [0.5, 0.6) is 0 Å². The predicted octanol–water partition coefficient (Wildman–Crippen LogP) is 2.28. The predicted molar refractivity (Wildman–Crippen MR) is 75.8 cm³/mol. The van der Waals surface area contributed by atoms with E-state index in [0.717, 1.165) is 4.88 Å². The SMILES string of the molecule is CN(C(=O)C(N)c1cccs1)c1cccc(C#N)c1. The van der Waals surface area contributed by atoms with Crippen LogP contribution in [0.25, 0.3) is 0 Å². The number of benzene rings is 1. The fourth-order valence-electron chi connectivity index (χ4n) is 1.71. The number of amides is 1. The number of hydrogen-bond acceptors (Lipinski definition) is 4. The van der Waals surface area contributed by atoms with Gasteiger partial charge in [0, 0.05) is 17.6 Å². The summed E-state index contributed by atoms with van der Waals surface area (Å²) in [6, 6.07) is 12.0. The van der Waals surface area contributed by atoms with Gasteiger partial charge in [-0.3, -0.25) is 4.79 Å². The van der Waals surface area contributed by atoms with Crippen LogP contribution in [0.4, 0.5) is 5.69 Å². The van der Waals surface area contributed by atoms with Gasteiger partial charge in [-0.15, -0.1) is 11.3 Å². The van der Waals surface area contributed by atoms with Crippen LogP contribution in [0.2, 0.25) is 0 Å². The summed E-state index contributed by atoms with van der Waals surface area (Å²) in [5.41, 5.74) is 7.12. The quantitative estimate of drug-likeness (QED) is 0.931. The normalized spacial score (nSPS) is 11.6. The molecule has 1 amide bonds. The Kier molecular flexibility index (Phi) is 3.95. The molecule has 1 aromatic heterocycles. The minimum absolute atomic E-state index is 0.197. The molecule has 4 nitrogen and oxygen atoms in total. The molecule has 0 aliphatic carbocycles. The highest BCUT2D eigenvalue weighted by molar-refractivity contribution is 7.10. The summed E-state index contributed by atoms with van der Waals surface area (Å²) < 4.78 is 0. The highest BCUT2D eigenvalue weighted by atomic mass is 32.1. The van der Waals surface area contributed by atoms with Gasteiger partial charge in [-0.25, -0.2) is 0 Å². The summed E-state index contributed by atoms with van der Waals surface area (Å²) >= 11 is 1.45. The van der Waals surface area contributed by atoms with Gasteiger partial charge in [-0.1, -0.05) is 12.1 Å². The Hall–Kier alpha value is -2.16. The minimum atomic E-state index is -0.671. The Bertz CT molecular complexity index is 616. The number of rotatable bonds is 3. The van der Waals surface area contributed by atoms with Gasteiger partial charge in [0.2, 0.25) is 5.91 Å². The van der Waals surface area contributed by atoms with Gasteiger partial charge < -0.3 is 10.6 Å². The van der Waals surface area contributed by atoms with Gasteiger partial charge in [-0.05, 0) is 29.6 Å². The van der Waals surface area contributed by atoms with Gasteiger partial charge in [0.05, 0.1) is 11.6 Å². The largest absolute Gasteiger partial charge is 0.316 e. The van der Waals surface area contributed by atoms with Gasteiger partial charge in [0.15, 0.2) is 0 Å². The second-order valence-electron chi connectivity index (χ2n) is 4.05. The third-order valence-electron chi connectivity index (χ3n) is 2.81. The number of thiophene rings is 1. The number of anilines is 1. The molecule has 1 unspecified atom stereocenters. The van der Waals surface area contributed by atoms with Crippen LogP contribution in [0.3, 0.4) is 0 Å². The molecule has 0 aliphatic heterocycles. The second kappa shape index (κ2) is 5.65. The van der Waals surface area contributed by atoms with Crippen molar-refractivity contribution in [1.29, 1.82) is 5.26 Å². The molecule has 0 saturated carbocycles. The molecule has 5 heteroatoms. The summed E-state index contributed by atoms with van der Waals surface area (Å²) in [5, 5.41) is 10.8. The lowest BCUT2D eigenvalue weighted by atomic mass is 10.1. The maximum Gasteiger partial charge on any atom is 0.249 e. The highest BCUT2D eigenvalue weighted by Crippen LogP contribution is 2.22. The lowest BCUT2D eigenvalue weighted by Gasteiger charge is -2.21. The Morgan fingerprint density at radius 2 is 2.21 bits per heavy atom. The third kappa shape index (κ3) is 2.81. The summed E-state index contributed by atoms with van der Waals surface area (Å²) in [5.74, 6) is -0.197. The highest BCUT2D eigenvalue weighted by Gasteiger charge is 2.21. The maximum absolute atomic E-state index is 12.3. The number of hydrogen-bond donors (Lipinski definition) is 1. The van der Waals surface area contributed by atoms with Gasteiger partial charge in [0.1, 0.15) is 6.04 Å². The average molecular weight is 271 g/mol. The first-order valence-electron chi connectivity index (χ1n) is 5.70. The summed E-state index contributed by atoms with van der Waals surface area (Å²) in [4.78, 5) is 14.6. The third-order valence-corrected chi connectivity index (χ3v) is 3.76. The lowest BCUT2D eigenvalue weighted by Crippen LogP contribution is -2.35. The van der Waals surface area contributed by atoms with E-state index in [9.17, 15) is 4.79 Å². The Morgan fingerprint density at radius 1 is 1.42 bits per heavy atom. The van der Waals surface area contributed by atoms with E-state index in [1.165, 1.54) is 16.2 Å². The number of carbonyl (C=O) groups is 1. The summed E-state index contributed by atoms with van der Waals surface area (Å²) in [6.45, 7) is 0. The number of carbonyl (C=O) groups excluding carboxylic acids is 1. The molecule has 1 aromatic carbocycles. The Morgan fingerprint density at radius 3 is 2.84 bits per heavy atom. The molecule has 0 aliphatic rings. The second-order valence-corrected chi connectivity index (χ2v) is 5.03. The molecule has 0 fully saturated rings. The van der Waals surface area contributed by atoms with Crippen molar-refractivity contribution in [2.45, 2.75) is 6.04 Å². The standard InChI is InChI=1S/C14H13N3OS/c1-17(11-5-2-4-10(8-11)9-15)14(18)13(16)12-6-3-7-19-12/h2-8,13H,16H2,1H3. The van der Waals surface area contributed by atoms with Gasteiger partial charge in [-0.2, -0.15) is 5.26 Å². The van der Waals surface area contributed by atoms with Crippen molar-refractivity contribution >= 4 is 22.9 Å². The number of nitriles is 1. The topological polar surface area (TPSA) is 70.1 Å². The number of nitrogens with two attached hydrogens (primary N) is 1. The van der Waals surface area contributed by atoms with Crippen molar-refractivity contribution in [2.24, 2.45) is 5.73 Å². The van der Waals surface area contributed by atoms with E-state index in [-0.39, 0.29) is 5.91 Å². The molecule has 19 heavy (non-hydrogen) atoms. The zero-order valence-electron chi connectivity index (χ0n) is 10.4. The zero-order chi connectivity index (χ0) is 13.8. The molecular formula is C14H13N3OS. The van der Waals surface area contributed by atoms with Crippen LogP contribution in [-0.2, 0) is 4.79 Å². The van der Waals surface area contributed by atoms with E-state index in [1.54, 1.807) is 31.3 Å². The van der Waals surface area contributed by atoms with Crippen LogP contribution >= 0.6 is 11.3 Å². The number of likely N-dealkylation sites (N-methyl/N-ethyl adjacent to an activating group) is 1. The molecule has 0 radical (unpaired) electrons. The van der Waals surface area contributed by atoms with Crippen LogP contribution < -0.4 is 10.6 Å². The van der Waals surface area contributed by atoms with Crippen LogP contribution in [0.1, 0.15) is 16.5 Å². The van der Waals surface area contributed by atoms with E-state index >= 15 is 0 Å². The molecule has 1 heterocycles. The molecular weight excluding hydrogens is 258 g/mol. The Balaban J connectivity index is 2.21. The molecule has 1 atom stereocenters. The minimum Gasteiger partial charge on any atom is -0.316 e. The molecule has 2 rings (SSSR count). The van der Waals surface area contributed by atoms with Gasteiger partial charge >= 0.3 is 0 Å². The van der Waals surface area contributed by atoms with Crippen LogP contribution in [0, 0.1) is 11.3 Å². The van der Waals surface area contributed by atoms with Crippen LogP contribution in [0.15, 0.2) is 41.8 Å². The molecule has 0 spiro atoms. The zero-order valence-corrected chi connectivity index (χ0v) is 11.2. The first-order chi connectivity index (χ1) is 9.13. The summed E-state index contributed by atoms with van der Waals surface area (Å²) in [7, 11) is 1.66. The first-order valence-corrected chi connectivity index (χ1v) is 6.58. The molecule has 0 bridgehead atoms. The van der Waals surface area contributed by atoms with Crippen LogP contribution in [-0.4, -0.2) is 13.0 Å². The summed E-state index contributed by atoms with van der Waals surface area (Å²) in [6.07, 6.45) is 0. The van der Waals surface area contributed by atoms with Crippen molar-refractivity contribution < 1.29 is 4.79 Å². The van der Waals surface area contributed by atoms with E-state index in [2.05, 4.69) is 6.07 Å². The fraction of sp³-hybridized carbons (Fsp3) is 0.143. The first kappa shape index (κ1) is 13.3. The molecule has 2 N–H and O–H groups in total. The van der Waals surface area contributed by atoms with Crippen molar-refractivity contribution in [1.82, 2.24) is 0 Å². The van der Waals surface area contributed by atoms with Crippen molar-refractivity contribution in [3.63, 3.8) is 0 Å². The fourth-order valence-corrected chi connectivity index (χ4v) is 2.43. The monoisotopic (exact) mass is 271 g/mol. The molecule has 0 saturated heterocycles. The van der Waals surface area contributed by atoms with E-state index in [0.29, 0.717) is 11.3 Å².